The van der Waals surface area contributed by atoms with Crippen LogP contribution in [0.1, 0.15) is 22.3 Å². The summed E-state index contributed by atoms with van der Waals surface area (Å²) in [5.41, 5.74) is 13.4. The van der Waals surface area contributed by atoms with E-state index in [2.05, 4.69) is 147 Å². The number of benzene rings is 7. The lowest BCUT2D eigenvalue weighted by Gasteiger charge is -2.15. The highest BCUT2D eigenvalue weighted by atomic mass is 15.0. The summed E-state index contributed by atoms with van der Waals surface area (Å²) in [6.07, 6.45) is 3.88. The molecule has 0 fully saturated rings. The van der Waals surface area contributed by atoms with Crippen LogP contribution in [0.5, 0.6) is 0 Å². The minimum atomic E-state index is 1.10. The first-order chi connectivity index (χ1) is 21.1. The Kier molecular flexibility index (Phi) is 5.64. The van der Waals surface area contributed by atoms with Gasteiger partial charge in [-0.25, -0.2) is 0 Å². The zero-order chi connectivity index (χ0) is 29.2. The van der Waals surface area contributed by atoms with Gasteiger partial charge in [0, 0.05) is 16.5 Å². The third-order valence-corrected chi connectivity index (χ3v) is 9.16. The first-order valence-electron chi connectivity index (χ1n) is 14.8. The summed E-state index contributed by atoms with van der Waals surface area (Å²) in [5.74, 6) is 0. The fourth-order valence-electron chi connectivity index (χ4n) is 7.04. The minimum Gasteiger partial charge on any atom is -0.309 e. The van der Waals surface area contributed by atoms with Crippen LogP contribution in [0.3, 0.4) is 0 Å². The van der Waals surface area contributed by atoms with Gasteiger partial charge in [-0.3, -0.25) is 0 Å². The second kappa shape index (κ2) is 9.58. The molecule has 7 aromatic carbocycles. The van der Waals surface area contributed by atoms with E-state index in [1.54, 1.807) is 0 Å². The van der Waals surface area contributed by atoms with Crippen molar-refractivity contribution < 1.29 is 0 Å². The van der Waals surface area contributed by atoms with Crippen molar-refractivity contribution in [1.82, 2.24) is 4.57 Å². The van der Waals surface area contributed by atoms with Crippen LogP contribution in [-0.4, -0.2) is 4.57 Å². The lowest BCUT2D eigenvalue weighted by atomic mass is 9.88. The Bertz CT molecular complexity index is 2380. The summed E-state index contributed by atoms with van der Waals surface area (Å²) < 4.78 is 2.44. The molecule has 1 heterocycles. The Balaban J connectivity index is 1.55. The van der Waals surface area contributed by atoms with E-state index in [1.165, 1.54) is 76.7 Å². The second-order valence-electron chi connectivity index (χ2n) is 11.6. The molecular weight excluding hydrogens is 518 g/mol. The van der Waals surface area contributed by atoms with Gasteiger partial charge in [0.1, 0.15) is 0 Å². The molecule has 204 valence electrons. The Morgan fingerprint density at radius 3 is 1.91 bits per heavy atom. The SMILES string of the molecule is C=Cc1cc2c(cc1C=C)c1cc(-c3ccc(C)c(-c4ccccc4C)c3)cc3c1c1c2cccc1n3-c1ccccc1. The lowest BCUT2D eigenvalue weighted by molar-refractivity contribution is 1.18. The molecule has 0 aliphatic carbocycles. The molecule has 8 aromatic rings. The van der Waals surface area contributed by atoms with E-state index < -0.39 is 0 Å². The van der Waals surface area contributed by atoms with Crippen molar-refractivity contribution >= 4 is 55.5 Å². The molecule has 1 heteroatoms. The lowest BCUT2D eigenvalue weighted by Crippen LogP contribution is -1.93. The Morgan fingerprint density at radius 2 is 1.16 bits per heavy atom. The van der Waals surface area contributed by atoms with E-state index >= 15 is 0 Å². The number of fused-ring (bicyclic) bond motifs is 3. The van der Waals surface area contributed by atoms with Crippen LogP contribution in [0, 0.1) is 13.8 Å². The highest BCUT2D eigenvalue weighted by molar-refractivity contribution is 6.35. The summed E-state index contributed by atoms with van der Waals surface area (Å²) in [4.78, 5) is 0. The van der Waals surface area contributed by atoms with Gasteiger partial charge in [0.15, 0.2) is 0 Å². The zero-order valence-corrected chi connectivity index (χ0v) is 24.5. The number of aryl methyl sites for hydroxylation is 2. The molecular formula is C42H31N. The van der Waals surface area contributed by atoms with Crippen LogP contribution in [0.15, 0.2) is 128 Å². The minimum absolute atomic E-state index is 1.10. The van der Waals surface area contributed by atoms with Crippen molar-refractivity contribution in [1.29, 1.82) is 0 Å². The van der Waals surface area contributed by atoms with E-state index in [-0.39, 0.29) is 0 Å². The Morgan fingerprint density at radius 1 is 0.488 bits per heavy atom. The van der Waals surface area contributed by atoms with Crippen LogP contribution >= 0.6 is 0 Å². The molecule has 0 spiro atoms. The van der Waals surface area contributed by atoms with Gasteiger partial charge in [0.05, 0.1) is 11.0 Å². The van der Waals surface area contributed by atoms with Crippen molar-refractivity contribution in [3.8, 4) is 27.9 Å². The van der Waals surface area contributed by atoms with Gasteiger partial charge in [0.25, 0.3) is 0 Å². The number of rotatable bonds is 5. The monoisotopic (exact) mass is 549 g/mol. The quantitative estimate of drug-likeness (QED) is 0.188. The number of hydrogen-bond acceptors (Lipinski definition) is 0. The first-order valence-corrected chi connectivity index (χ1v) is 14.8. The van der Waals surface area contributed by atoms with Gasteiger partial charge >= 0.3 is 0 Å². The standard InChI is InChI=1S/C42H31N/c1-5-28-21-36-34-17-12-18-39-41(34)42-38(37(36)22-29(28)6-2)24-31(25-40(42)43(39)32-14-8-7-9-15-32)30-20-19-27(4)35(23-30)33-16-11-10-13-26(33)3/h5-25H,1-2H2,3-4H3. The summed E-state index contributed by atoms with van der Waals surface area (Å²) in [7, 11) is 0. The van der Waals surface area contributed by atoms with Crippen LogP contribution in [0.25, 0.3) is 83.4 Å². The molecule has 0 unspecified atom stereocenters. The normalized spacial score (nSPS) is 11.7. The number of aromatic nitrogens is 1. The van der Waals surface area contributed by atoms with Crippen LogP contribution in [-0.2, 0) is 0 Å². The summed E-state index contributed by atoms with van der Waals surface area (Å²) in [6, 6.07) is 42.4. The van der Waals surface area contributed by atoms with Crippen molar-refractivity contribution in [2.45, 2.75) is 13.8 Å². The average molecular weight is 550 g/mol. The molecule has 0 bridgehead atoms. The van der Waals surface area contributed by atoms with Crippen LogP contribution in [0.2, 0.25) is 0 Å². The molecule has 1 nitrogen and oxygen atoms in total. The molecule has 0 saturated carbocycles. The molecule has 0 atom stereocenters. The highest BCUT2D eigenvalue weighted by Gasteiger charge is 2.21. The number of hydrogen-bond donors (Lipinski definition) is 0. The molecule has 0 aliphatic rings. The van der Waals surface area contributed by atoms with Crippen molar-refractivity contribution in [2.75, 3.05) is 0 Å². The largest absolute Gasteiger partial charge is 0.309 e. The summed E-state index contributed by atoms with van der Waals surface area (Å²) >= 11 is 0. The Hall–Kier alpha value is -5.40. The topological polar surface area (TPSA) is 4.93 Å². The van der Waals surface area contributed by atoms with Crippen LogP contribution < -0.4 is 0 Å². The average Bonchev–Trinajstić information content (AvgIpc) is 3.39. The van der Waals surface area contributed by atoms with E-state index in [0.29, 0.717) is 0 Å². The smallest absolute Gasteiger partial charge is 0.0553 e. The van der Waals surface area contributed by atoms with Gasteiger partial charge in [0.2, 0.25) is 0 Å². The van der Waals surface area contributed by atoms with Gasteiger partial charge in [-0.1, -0.05) is 92.0 Å². The summed E-state index contributed by atoms with van der Waals surface area (Å²) in [5, 5.41) is 7.62. The first kappa shape index (κ1) is 25.3. The van der Waals surface area contributed by atoms with E-state index in [0.717, 1.165) is 16.8 Å². The maximum atomic E-state index is 4.13. The maximum absolute atomic E-state index is 4.13. The van der Waals surface area contributed by atoms with Gasteiger partial charge < -0.3 is 4.57 Å². The zero-order valence-electron chi connectivity index (χ0n) is 24.5. The highest BCUT2D eigenvalue weighted by Crippen LogP contribution is 2.46. The molecule has 0 amide bonds. The second-order valence-corrected chi connectivity index (χ2v) is 11.6. The van der Waals surface area contributed by atoms with E-state index in [1.807, 2.05) is 12.2 Å². The fraction of sp³-hybridized carbons (Fsp3) is 0.0476. The molecule has 1 aromatic heterocycles. The van der Waals surface area contributed by atoms with Crippen molar-refractivity contribution in [3.05, 3.63) is 151 Å². The van der Waals surface area contributed by atoms with Crippen molar-refractivity contribution in [3.63, 3.8) is 0 Å². The molecule has 43 heavy (non-hydrogen) atoms. The predicted octanol–water partition coefficient (Wildman–Crippen LogP) is 11.8. The van der Waals surface area contributed by atoms with Gasteiger partial charge in [-0.2, -0.15) is 0 Å². The molecule has 0 saturated heterocycles. The van der Waals surface area contributed by atoms with E-state index in [9.17, 15) is 0 Å². The van der Waals surface area contributed by atoms with Crippen molar-refractivity contribution in [2.24, 2.45) is 0 Å². The van der Waals surface area contributed by atoms with Crippen LogP contribution in [0.4, 0.5) is 0 Å². The predicted molar refractivity (Wildman–Crippen MR) is 188 cm³/mol. The third kappa shape index (κ3) is 3.72. The summed E-state index contributed by atoms with van der Waals surface area (Å²) in [6.45, 7) is 12.6. The molecule has 0 N–H and O–H groups in total. The molecule has 8 rings (SSSR count). The Labute approximate surface area is 252 Å². The molecule has 0 aliphatic heterocycles. The molecule has 0 radical (unpaired) electrons. The van der Waals surface area contributed by atoms with Gasteiger partial charge in [-0.15, -0.1) is 0 Å². The number of para-hydroxylation sites is 1. The number of nitrogens with zero attached hydrogens (tertiary/aromatic N) is 1. The van der Waals surface area contributed by atoms with E-state index in [4.69, 9.17) is 0 Å². The maximum Gasteiger partial charge on any atom is 0.0553 e. The third-order valence-electron chi connectivity index (χ3n) is 9.16. The fourth-order valence-corrected chi connectivity index (χ4v) is 7.04. The van der Waals surface area contributed by atoms with Gasteiger partial charge in [-0.05, 0) is 128 Å².